The minimum absolute atomic E-state index is 0.127. The maximum absolute atomic E-state index is 13.5. The lowest BCUT2D eigenvalue weighted by atomic mass is 10.0. The number of fused-ring (bicyclic) bond motifs is 3. The highest BCUT2D eigenvalue weighted by Crippen LogP contribution is 2.26. The number of thioether (sulfide) groups is 1. The SMILES string of the molecule is CCc1ccc(-n2c(=O)c3ccccc3n3c(SCC(=O)Nc4ccccc4C(C)C)nnc23)cc1. The highest BCUT2D eigenvalue weighted by Gasteiger charge is 2.19. The summed E-state index contributed by atoms with van der Waals surface area (Å²) in [5.74, 6) is 0.740. The van der Waals surface area contributed by atoms with E-state index >= 15 is 0 Å². The minimum Gasteiger partial charge on any atom is -0.325 e. The molecule has 5 rings (SSSR count). The molecule has 36 heavy (non-hydrogen) atoms. The van der Waals surface area contributed by atoms with Crippen LogP contribution in [0.25, 0.3) is 22.4 Å². The Hall–Kier alpha value is -3.91. The van der Waals surface area contributed by atoms with Gasteiger partial charge in [0.2, 0.25) is 11.7 Å². The van der Waals surface area contributed by atoms with Gasteiger partial charge in [-0.3, -0.25) is 14.0 Å². The van der Waals surface area contributed by atoms with Crippen molar-refractivity contribution in [2.24, 2.45) is 0 Å². The molecule has 0 atom stereocenters. The van der Waals surface area contributed by atoms with Crippen molar-refractivity contribution in [1.29, 1.82) is 0 Å². The number of benzene rings is 3. The molecule has 182 valence electrons. The molecule has 0 saturated heterocycles. The van der Waals surface area contributed by atoms with Gasteiger partial charge in [-0.1, -0.05) is 75.0 Å². The monoisotopic (exact) mass is 497 g/mol. The number of carbonyl (C=O) groups is 1. The molecule has 1 amide bonds. The fraction of sp³-hybridized carbons (Fsp3) is 0.214. The highest BCUT2D eigenvalue weighted by atomic mass is 32.2. The Morgan fingerprint density at radius 1 is 0.972 bits per heavy atom. The van der Waals surface area contributed by atoms with Crippen LogP contribution in [0.1, 0.15) is 37.8 Å². The zero-order valence-electron chi connectivity index (χ0n) is 20.4. The smallest absolute Gasteiger partial charge is 0.267 e. The molecule has 5 aromatic rings. The quantitative estimate of drug-likeness (QED) is 0.303. The first kappa shape index (κ1) is 23.8. The Kier molecular flexibility index (Phi) is 6.61. The van der Waals surface area contributed by atoms with Crippen molar-refractivity contribution in [3.8, 4) is 5.69 Å². The van der Waals surface area contributed by atoms with Gasteiger partial charge in [-0.15, -0.1) is 10.2 Å². The lowest BCUT2D eigenvalue weighted by molar-refractivity contribution is -0.113. The molecule has 2 heterocycles. The van der Waals surface area contributed by atoms with Crippen molar-refractivity contribution < 1.29 is 4.79 Å². The molecule has 0 spiro atoms. The van der Waals surface area contributed by atoms with Crippen molar-refractivity contribution in [2.45, 2.75) is 38.3 Å². The molecular weight excluding hydrogens is 470 g/mol. The fourth-order valence-corrected chi connectivity index (χ4v) is 5.06. The Morgan fingerprint density at radius 2 is 1.69 bits per heavy atom. The van der Waals surface area contributed by atoms with Crippen LogP contribution in [0.4, 0.5) is 5.69 Å². The van der Waals surface area contributed by atoms with E-state index in [1.54, 1.807) is 10.6 Å². The van der Waals surface area contributed by atoms with Crippen molar-refractivity contribution in [3.63, 3.8) is 0 Å². The second-order valence-corrected chi connectivity index (χ2v) is 9.82. The first-order chi connectivity index (χ1) is 17.5. The standard InChI is InChI=1S/C28H27N5O2S/c1-4-19-13-15-20(16-14-19)32-26(35)22-10-6-8-12-24(22)33-27(32)30-31-28(33)36-17-25(34)29-23-11-7-5-9-21(23)18(2)3/h5-16,18H,4,17H2,1-3H3,(H,29,34). The van der Waals surface area contributed by atoms with E-state index < -0.39 is 0 Å². The number of nitrogens with one attached hydrogen (secondary N) is 1. The van der Waals surface area contributed by atoms with Gasteiger partial charge in [0.1, 0.15) is 0 Å². The highest BCUT2D eigenvalue weighted by molar-refractivity contribution is 7.99. The van der Waals surface area contributed by atoms with Crippen molar-refractivity contribution in [3.05, 3.63) is 94.3 Å². The van der Waals surface area contributed by atoms with E-state index in [1.807, 2.05) is 71.1 Å². The molecule has 0 aliphatic carbocycles. The van der Waals surface area contributed by atoms with Crippen LogP contribution >= 0.6 is 11.8 Å². The van der Waals surface area contributed by atoms with E-state index in [2.05, 4.69) is 36.3 Å². The lowest BCUT2D eigenvalue weighted by Gasteiger charge is -2.13. The minimum atomic E-state index is -0.158. The van der Waals surface area contributed by atoms with Crippen molar-refractivity contribution >= 4 is 40.0 Å². The summed E-state index contributed by atoms with van der Waals surface area (Å²) in [6.07, 6.45) is 0.914. The number of hydrogen-bond donors (Lipinski definition) is 1. The number of nitrogens with zero attached hydrogens (tertiary/aromatic N) is 4. The predicted molar refractivity (Wildman–Crippen MR) is 145 cm³/mol. The lowest BCUT2D eigenvalue weighted by Crippen LogP contribution is -2.22. The number of carbonyl (C=O) groups excluding carboxylic acids is 1. The van der Waals surface area contributed by atoms with Crippen LogP contribution in [-0.2, 0) is 11.2 Å². The van der Waals surface area contributed by atoms with Gasteiger partial charge >= 0.3 is 0 Å². The first-order valence-electron chi connectivity index (χ1n) is 12.0. The summed E-state index contributed by atoms with van der Waals surface area (Å²) < 4.78 is 3.43. The van der Waals surface area contributed by atoms with Crippen LogP contribution in [0.15, 0.2) is 82.7 Å². The van der Waals surface area contributed by atoms with Gasteiger partial charge in [0.25, 0.3) is 5.56 Å². The van der Waals surface area contributed by atoms with Crippen LogP contribution in [0.3, 0.4) is 0 Å². The molecule has 0 bridgehead atoms. The third kappa shape index (κ3) is 4.40. The molecule has 1 N–H and O–H groups in total. The Balaban J connectivity index is 1.52. The first-order valence-corrected chi connectivity index (χ1v) is 13.0. The van der Waals surface area contributed by atoms with E-state index in [0.29, 0.717) is 27.8 Å². The number of aryl methyl sites for hydroxylation is 1. The normalized spacial score (nSPS) is 11.4. The molecule has 0 aliphatic rings. The third-order valence-electron chi connectivity index (χ3n) is 6.19. The number of para-hydroxylation sites is 2. The van der Waals surface area contributed by atoms with E-state index in [9.17, 15) is 9.59 Å². The van der Waals surface area contributed by atoms with Gasteiger partial charge in [-0.25, -0.2) is 4.57 Å². The largest absolute Gasteiger partial charge is 0.325 e. The summed E-state index contributed by atoms with van der Waals surface area (Å²) in [4.78, 5) is 26.3. The van der Waals surface area contributed by atoms with E-state index in [4.69, 9.17) is 0 Å². The van der Waals surface area contributed by atoms with Gasteiger partial charge in [-0.2, -0.15) is 0 Å². The average molecular weight is 498 g/mol. The van der Waals surface area contributed by atoms with E-state index in [0.717, 1.165) is 23.4 Å². The summed E-state index contributed by atoms with van der Waals surface area (Å²) in [6.45, 7) is 6.29. The average Bonchev–Trinajstić information content (AvgIpc) is 3.32. The van der Waals surface area contributed by atoms with Gasteiger partial charge in [0.05, 0.1) is 22.3 Å². The number of aromatic nitrogens is 4. The summed E-state index contributed by atoms with van der Waals surface area (Å²) in [7, 11) is 0. The summed E-state index contributed by atoms with van der Waals surface area (Å²) in [6, 6.07) is 23.1. The van der Waals surface area contributed by atoms with Crippen molar-refractivity contribution in [2.75, 3.05) is 11.1 Å². The molecule has 8 heteroatoms. The number of rotatable bonds is 7. The second kappa shape index (κ2) is 9.99. The summed E-state index contributed by atoms with van der Waals surface area (Å²) in [5.41, 5.74) is 4.37. The molecule has 2 aromatic heterocycles. The molecule has 0 saturated carbocycles. The summed E-state index contributed by atoms with van der Waals surface area (Å²) in [5, 5.41) is 12.9. The fourth-order valence-electron chi connectivity index (χ4n) is 4.32. The number of amides is 1. The van der Waals surface area contributed by atoms with Crippen molar-refractivity contribution in [1.82, 2.24) is 19.2 Å². The van der Waals surface area contributed by atoms with Crippen LogP contribution in [-0.4, -0.2) is 30.8 Å². The topological polar surface area (TPSA) is 81.3 Å². The van der Waals surface area contributed by atoms with Crippen LogP contribution in [0.2, 0.25) is 0 Å². The molecule has 0 unspecified atom stereocenters. The van der Waals surface area contributed by atoms with Crippen LogP contribution in [0.5, 0.6) is 0 Å². The maximum atomic E-state index is 13.5. The van der Waals surface area contributed by atoms with Gasteiger partial charge in [0, 0.05) is 5.69 Å². The van der Waals surface area contributed by atoms with E-state index in [1.165, 1.54) is 17.3 Å². The number of hydrogen-bond acceptors (Lipinski definition) is 5. The van der Waals surface area contributed by atoms with E-state index in [-0.39, 0.29) is 17.2 Å². The molecule has 3 aromatic carbocycles. The molecule has 0 radical (unpaired) electrons. The van der Waals surface area contributed by atoms with Gasteiger partial charge in [-0.05, 0) is 53.8 Å². The Morgan fingerprint density at radius 3 is 2.44 bits per heavy atom. The zero-order valence-corrected chi connectivity index (χ0v) is 21.2. The third-order valence-corrected chi connectivity index (χ3v) is 7.12. The second-order valence-electron chi connectivity index (χ2n) is 8.87. The van der Waals surface area contributed by atoms with Crippen LogP contribution < -0.4 is 10.9 Å². The zero-order chi connectivity index (χ0) is 25.2. The van der Waals surface area contributed by atoms with Gasteiger partial charge < -0.3 is 5.32 Å². The maximum Gasteiger partial charge on any atom is 0.267 e. The number of anilines is 1. The molecule has 0 fully saturated rings. The Labute approximate surface area is 213 Å². The predicted octanol–water partition coefficient (Wildman–Crippen LogP) is 5.45. The Bertz CT molecular complexity index is 1620. The van der Waals surface area contributed by atoms with Crippen LogP contribution in [0, 0.1) is 0 Å². The molecule has 7 nitrogen and oxygen atoms in total. The molecular formula is C28H27N5O2S. The summed E-state index contributed by atoms with van der Waals surface area (Å²) >= 11 is 1.29. The molecule has 0 aliphatic heterocycles. The van der Waals surface area contributed by atoms with Gasteiger partial charge in [0.15, 0.2) is 5.16 Å².